The number of carbonyl (C=O) groups excluding carboxylic acids is 2. The van der Waals surface area contributed by atoms with Crippen LogP contribution in [-0.4, -0.2) is 23.1 Å². The number of nitrogen functional groups attached to an aromatic ring is 1. The van der Waals surface area contributed by atoms with Crippen LogP contribution in [0.2, 0.25) is 5.02 Å². The van der Waals surface area contributed by atoms with E-state index >= 15 is 0 Å². The van der Waals surface area contributed by atoms with Gasteiger partial charge in [-0.2, -0.15) is 0 Å². The topological polar surface area (TPSA) is 115 Å². The third-order valence-corrected chi connectivity index (χ3v) is 6.95. The quantitative estimate of drug-likeness (QED) is 0.343. The fourth-order valence-corrected chi connectivity index (χ4v) is 4.77. The molecule has 36 heavy (non-hydrogen) atoms. The first-order valence-corrected chi connectivity index (χ1v) is 12.4. The fraction of sp³-hybridized carbons (Fsp3) is 0.192. The molecule has 10 heteroatoms. The first-order chi connectivity index (χ1) is 17.3. The van der Waals surface area contributed by atoms with Crippen LogP contribution in [-0.2, 0) is 9.59 Å². The zero-order valence-electron chi connectivity index (χ0n) is 19.5. The molecule has 0 aliphatic heterocycles. The predicted molar refractivity (Wildman–Crippen MR) is 142 cm³/mol. The van der Waals surface area contributed by atoms with Crippen molar-refractivity contribution < 1.29 is 14.3 Å². The number of aromatic nitrogens is 1. The van der Waals surface area contributed by atoms with Crippen LogP contribution < -0.4 is 26.8 Å². The van der Waals surface area contributed by atoms with Crippen LogP contribution in [0.5, 0.6) is 5.75 Å². The number of nitrogens with one attached hydrogen (secondary N) is 2. The second-order valence-electron chi connectivity index (χ2n) is 8.35. The zero-order chi connectivity index (χ0) is 25.8. The van der Waals surface area contributed by atoms with Crippen LogP contribution in [0.4, 0.5) is 5.69 Å². The summed E-state index contributed by atoms with van der Waals surface area (Å²) in [6, 6.07) is 16.2. The van der Waals surface area contributed by atoms with Crippen molar-refractivity contribution in [3.63, 3.8) is 0 Å². The Labute approximate surface area is 217 Å². The summed E-state index contributed by atoms with van der Waals surface area (Å²) in [5.41, 5.74) is 9.59. The van der Waals surface area contributed by atoms with E-state index in [9.17, 15) is 14.4 Å². The van der Waals surface area contributed by atoms with E-state index in [-0.39, 0.29) is 17.3 Å². The van der Waals surface area contributed by atoms with Crippen molar-refractivity contribution in [2.75, 3.05) is 11.2 Å². The highest BCUT2D eigenvalue weighted by Gasteiger charge is 2.39. The second-order valence-corrected chi connectivity index (χ2v) is 9.90. The van der Waals surface area contributed by atoms with Crippen molar-refractivity contribution in [2.24, 2.45) is 5.92 Å². The number of hydrogen-bond donors (Lipinski definition) is 3. The lowest BCUT2D eigenvalue weighted by atomic mass is 10.1. The summed E-state index contributed by atoms with van der Waals surface area (Å²) in [6.07, 6.45) is 1.23. The van der Waals surface area contributed by atoms with Gasteiger partial charge in [-0.3, -0.25) is 19.8 Å². The molecule has 0 saturated heterocycles. The number of nitrogens with two attached hydrogens (primary N) is 1. The molecule has 1 aromatic heterocycles. The van der Waals surface area contributed by atoms with Gasteiger partial charge < -0.3 is 15.8 Å². The van der Waals surface area contributed by atoms with Crippen molar-refractivity contribution in [1.29, 1.82) is 0 Å². The molecule has 1 aliphatic rings. The standard InChI is InChI=1S/C26H25ClN4O4S/c1-15-12-22(36-19-6-4-3-5-7-19)23(28)26(34)31(15)30-25(33)24(17-8-9-17)35-21-11-10-18(27)13-20(21)16(2)29-14-32/h3-7,10-14,17,24H,2,8-9,28H2,1H3,(H,29,32)(H,30,33). The van der Waals surface area contributed by atoms with Crippen molar-refractivity contribution in [2.45, 2.75) is 35.7 Å². The highest BCUT2D eigenvalue weighted by molar-refractivity contribution is 7.99. The number of ether oxygens (including phenoxy) is 1. The summed E-state index contributed by atoms with van der Waals surface area (Å²) in [7, 11) is 0. The second kappa shape index (κ2) is 10.9. The van der Waals surface area contributed by atoms with Gasteiger partial charge in [-0.15, -0.1) is 0 Å². The maximum Gasteiger partial charge on any atom is 0.293 e. The average Bonchev–Trinajstić information content (AvgIpc) is 3.70. The minimum Gasteiger partial charge on any atom is -0.480 e. The van der Waals surface area contributed by atoms with Crippen molar-refractivity contribution in [1.82, 2.24) is 9.99 Å². The molecule has 4 rings (SSSR count). The number of anilines is 1. The van der Waals surface area contributed by atoms with Crippen LogP contribution in [0.1, 0.15) is 24.1 Å². The Morgan fingerprint density at radius 1 is 1.25 bits per heavy atom. The SMILES string of the molecule is C=C(NC=O)c1cc(Cl)ccc1OC(C(=O)Nn1c(C)cc(Sc2ccccc2)c(N)c1=O)C1CC1. The minimum absolute atomic E-state index is 0.0258. The number of aryl methyl sites for hydroxylation is 1. The smallest absolute Gasteiger partial charge is 0.293 e. The molecule has 2 amide bonds. The highest BCUT2D eigenvalue weighted by atomic mass is 35.5. The van der Waals surface area contributed by atoms with E-state index in [0.29, 0.717) is 33.3 Å². The number of benzene rings is 2. The number of amides is 2. The molecule has 1 heterocycles. The number of pyridine rings is 1. The minimum atomic E-state index is -0.875. The van der Waals surface area contributed by atoms with Crippen LogP contribution in [0.15, 0.2) is 75.8 Å². The molecule has 1 atom stereocenters. The van der Waals surface area contributed by atoms with Crippen LogP contribution in [0.3, 0.4) is 0 Å². The lowest BCUT2D eigenvalue weighted by Crippen LogP contribution is -2.43. The Balaban J connectivity index is 1.58. The summed E-state index contributed by atoms with van der Waals surface area (Å²) in [5, 5.41) is 2.91. The lowest BCUT2D eigenvalue weighted by Gasteiger charge is -2.22. The van der Waals surface area contributed by atoms with Crippen LogP contribution in [0, 0.1) is 12.8 Å². The normalized spacial score (nSPS) is 13.5. The Morgan fingerprint density at radius 3 is 2.64 bits per heavy atom. The summed E-state index contributed by atoms with van der Waals surface area (Å²) < 4.78 is 7.24. The summed E-state index contributed by atoms with van der Waals surface area (Å²) in [5.74, 6) is -0.175. The third kappa shape index (κ3) is 5.75. The van der Waals surface area contributed by atoms with Gasteiger partial charge in [-0.25, -0.2) is 4.68 Å². The first-order valence-electron chi connectivity index (χ1n) is 11.2. The highest BCUT2D eigenvalue weighted by Crippen LogP contribution is 2.37. The Morgan fingerprint density at radius 2 is 1.97 bits per heavy atom. The van der Waals surface area contributed by atoms with Crippen LogP contribution >= 0.6 is 23.4 Å². The molecule has 8 nitrogen and oxygen atoms in total. The Bertz CT molecular complexity index is 1370. The zero-order valence-corrected chi connectivity index (χ0v) is 21.1. The van der Waals surface area contributed by atoms with Gasteiger partial charge >= 0.3 is 0 Å². The maximum absolute atomic E-state index is 13.3. The molecule has 186 valence electrons. The lowest BCUT2D eigenvalue weighted by molar-refractivity contribution is -0.124. The van der Waals surface area contributed by atoms with E-state index in [1.54, 1.807) is 31.2 Å². The molecular weight excluding hydrogens is 500 g/mol. The van der Waals surface area contributed by atoms with Crippen molar-refractivity contribution >= 4 is 47.1 Å². The van der Waals surface area contributed by atoms with Crippen molar-refractivity contribution in [3.8, 4) is 5.75 Å². The van der Waals surface area contributed by atoms with Crippen molar-refractivity contribution in [3.05, 3.63) is 87.8 Å². The monoisotopic (exact) mass is 524 g/mol. The molecule has 3 aromatic rings. The Hall–Kier alpha value is -3.69. The number of nitrogens with zero attached hydrogens (tertiary/aromatic N) is 1. The van der Waals surface area contributed by atoms with E-state index < -0.39 is 17.6 Å². The van der Waals surface area contributed by atoms with E-state index in [1.165, 1.54) is 11.8 Å². The molecule has 1 aliphatic carbocycles. The van der Waals surface area contributed by atoms with E-state index in [0.717, 1.165) is 22.4 Å². The van der Waals surface area contributed by atoms with Gasteiger partial charge in [-0.1, -0.05) is 48.1 Å². The third-order valence-electron chi connectivity index (χ3n) is 5.65. The number of halogens is 1. The molecule has 2 aromatic carbocycles. The summed E-state index contributed by atoms with van der Waals surface area (Å²) >= 11 is 7.49. The average molecular weight is 525 g/mol. The first kappa shape index (κ1) is 25.4. The number of carbonyl (C=O) groups is 2. The predicted octanol–water partition coefficient (Wildman–Crippen LogP) is 4.19. The molecule has 1 unspecified atom stereocenters. The maximum atomic E-state index is 13.3. The molecular formula is C26H25ClN4O4S. The van der Waals surface area contributed by atoms with E-state index in [1.807, 2.05) is 30.3 Å². The Kier molecular flexibility index (Phi) is 7.71. The van der Waals surface area contributed by atoms with Gasteiger partial charge in [0, 0.05) is 37.7 Å². The largest absolute Gasteiger partial charge is 0.480 e. The summed E-state index contributed by atoms with van der Waals surface area (Å²) in [4.78, 5) is 38.8. The number of hydrogen-bond acceptors (Lipinski definition) is 6. The van der Waals surface area contributed by atoms with Gasteiger partial charge in [-0.05, 0) is 56.2 Å². The van der Waals surface area contributed by atoms with Gasteiger partial charge in [0.15, 0.2) is 6.10 Å². The molecule has 0 radical (unpaired) electrons. The van der Waals surface area contributed by atoms with E-state index in [2.05, 4.69) is 17.3 Å². The fourth-order valence-electron chi connectivity index (χ4n) is 3.62. The molecule has 4 N–H and O–H groups in total. The van der Waals surface area contributed by atoms with Gasteiger partial charge in [0.05, 0.1) is 0 Å². The molecule has 1 fully saturated rings. The van der Waals surface area contributed by atoms with Gasteiger partial charge in [0.2, 0.25) is 6.41 Å². The molecule has 0 spiro atoms. The van der Waals surface area contributed by atoms with Gasteiger partial charge in [0.25, 0.3) is 11.5 Å². The molecule has 0 bridgehead atoms. The summed E-state index contributed by atoms with van der Waals surface area (Å²) in [6.45, 7) is 5.54. The molecule has 1 saturated carbocycles. The van der Waals surface area contributed by atoms with E-state index in [4.69, 9.17) is 22.1 Å². The number of rotatable bonds is 10. The van der Waals surface area contributed by atoms with Gasteiger partial charge in [0.1, 0.15) is 11.4 Å². The van der Waals surface area contributed by atoms with Crippen LogP contribution in [0.25, 0.3) is 5.70 Å².